The van der Waals surface area contributed by atoms with Crippen molar-refractivity contribution in [2.45, 2.75) is 57.8 Å². The third-order valence-corrected chi connectivity index (χ3v) is 4.67. The molecule has 1 spiro atoms. The van der Waals surface area contributed by atoms with E-state index in [1.807, 2.05) is 13.8 Å². The van der Waals surface area contributed by atoms with Crippen molar-refractivity contribution < 1.29 is 19.1 Å². The van der Waals surface area contributed by atoms with Crippen LogP contribution < -0.4 is 25.8 Å². The monoisotopic (exact) mass is 347 g/mol. The first-order valence-electron chi connectivity index (χ1n) is 8.77. The molecule has 7 heteroatoms. The normalized spacial score (nSPS) is 18.8. The Balaban J connectivity index is 1.70. The molecule has 0 aromatic heterocycles. The summed E-state index contributed by atoms with van der Waals surface area (Å²) in [5.41, 5.74) is 5.74. The quantitative estimate of drug-likeness (QED) is 0.779. The second-order valence-corrected chi connectivity index (χ2v) is 7.06. The zero-order chi connectivity index (χ0) is 18.0. The maximum Gasteiger partial charge on any atom is 0.312 e. The van der Waals surface area contributed by atoms with Crippen molar-refractivity contribution in [2.75, 3.05) is 5.32 Å². The number of benzene rings is 1. The van der Waals surface area contributed by atoms with Gasteiger partial charge in [-0.05, 0) is 30.9 Å². The van der Waals surface area contributed by atoms with Crippen molar-refractivity contribution in [3.8, 4) is 11.5 Å². The predicted molar refractivity (Wildman–Crippen MR) is 93.5 cm³/mol. The van der Waals surface area contributed by atoms with Crippen LogP contribution in [0.3, 0.4) is 0 Å². The highest BCUT2D eigenvalue weighted by Crippen LogP contribution is 2.46. The molecule has 136 valence electrons. The molecule has 25 heavy (non-hydrogen) atoms. The molecule has 0 unspecified atom stereocenters. The number of nitrogens with two attached hydrogens (primary N) is 1. The lowest BCUT2D eigenvalue weighted by Crippen LogP contribution is -2.49. The van der Waals surface area contributed by atoms with Crippen molar-refractivity contribution in [1.82, 2.24) is 5.32 Å². The minimum Gasteiger partial charge on any atom is -0.448 e. The number of rotatable bonds is 4. The Hall–Kier alpha value is -2.44. The van der Waals surface area contributed by atoms with E-state index >= 15 is 0 Å². The number of carbonyl (C=O) groups is 2. The van der Waals surface area contributed by atoms with E-state index in [9.17, 15) is 9.59 Å². The van der Waals surface area contributed by atoms with E-state index in [1.165, 1.54) is 6.42 Å². The molecule has 0 radical (unpaired) electrons. The molecule has 2 aliphatic rings. The van der Waals surface area contributed by atoms with Crippen LogP contribution in [-0.4, -0.2) is 23.8 Å². The number of amides is 3. The molecule has 7 nitrogen and oxygen atoms in total. The molecule has 3 amide bonds. The number of anilines is 1. The summed E-state index contributed by atoms with van der Waals surface area (Å²) in [5, 5.41) is 5.27. The first kappa shape index (κ1) is 17.4. The number of urea groups is 1. The zero-order valence-electron chi connectivity index (χ0n) is 14.6. The van der Waals surface area contributed by atoms with Gasteiger partial charge in [-0.3, -0.25) is 4.79 Å². The predicted octanol–water partition coefficient (Wildman–Crippen LogP) is 2.75. The van der Waals surface area contributed by atoms with Crippen molar-refractivity contribution in [3.05, 3.63) is 18.2 Å². The molecule has 0 saturated heterocycles. The van der Waals surface area contributed by atoms with Gasteiger partial charge in [0.1, 0.15) is 6.04 Å². The molecule has 4 N–H and O–H groups in total. The fourth-order valence-corrected chi connectivity index (χ4v) is 3.37. The number of fused-ring (bicyclic) bond motifs is 1. The molecule has 1 aromatic rings. The first-order valence-corrected chi connectivity index (χ1v) is 8.77. The van der Waals surface area contributed by atoms with Gasteiger partial charge in [0.25, 0.3) is 5.79 Å². The van der Waals surface area contributed by atoms with Gasteiger partial charge < -0.3 is 25.8 Å². The molecule has 0 bridgehead atoms. The van der Waals surface area contributed by atoms with E-state index in [2.05, 4.69) is 10.6 Å². The Morgan fingerprint density at radius 2 is 1.80 bits per heavy atom. The Labute approximate surface area is 147 Å². The first-order chi connectivity index (χ1) is 11.9. The van der Waals surface area contributed by atoms with E-state index < -0.39 is 17.9 Å². The topological polar surface area (TPSA) is 103 Å². The van der Waals surface area contributed by atoms with Crippen molar-refractivity contribution in [2.24, 2.45) is 11.7 Å². The molecule has 1 aliphatic heterocycles. The fourth-order valence-electron chi connectivity index (χ4n) is 3.37. The number of carbonyl (C=O) groups excluding carboxylic acids is 2. The Kier molecular flexibility index (Phi) is 4.74. The van der Waals surface area contributed by atoms with Gasteiger partial charge in [0.05, 0.1) is 0 Å². The third kappa shape index (κ3) is 3.81. The van der Waals surface area contributed by atoms with Crippen LogP contribution in [0.25, 0.3) is 0 Å². The standard InChI is InChI=1S/C18H25N3O4/c1-11(2)15(21-17(19)23)16(22)20-12-6-7-13-14(10-12)25-18(24-13)8-4-3-5-9-18/h6-7,10-11,15H,3-5,8-9H2,1-2H3,(H,20,22)(H3,19,21,23)/t15-/m0/s1. The molecule has 1 saturated carbocycles. The summed E-state index contributed by atoms with van der Waals surface area (Å²) in [5.74, 6) is 0.392. The molecule has 1 aromatic carbocycles. The van der Waals surface area contributed by atoms with Crippen molar-refractivity contribution in [3.63, 3.8) is 0 Å². The number of nitrogens with one attached hydrogen (secondary N) is 2. The lowest BCUT2D eigenvalue weighted by molar-refractivity contribution is -0.118. The number of ether oxygens (including phenoxy) is 2. The lowest BCUT2D eigenvalue weighted by atomic mass is 9.94. The molecule has 1 fully saturated rings. The summed E-state index contributed by atoms with van der Waals surface area (Å²) in [6.45, 7) is 3.68. The molecular formula is C18H25N3O4. The van der Waals surface area contributed by atoms with E-state index in [0.717, 1.165) is 25.7 Å². The fraction of sp³-hybridized carbons (Fsp3) is 0.556. The van der Waals surface area contributed by atoms with Gasteiger partial charge in [0.2, 0.25) is 5.91 Å². The number of hydrogen-bond donors (Lipinski definition) is 3. The van der Waals surface area contributed by atoms with Crippen molar-refractivity contribution in [1.29, 1.82) is 0 Å². The Morgan fingerprint density at radius 3 is 2.44 bits per heavy atom. The number of hydrogen-bond acceptors (Lipinski definition) is 4. The van der Waals surface area contributed by atoms with Gasteiger partial charge in [0, 0.05) is 24.6 Å². The third-order valence-electron chi connectivity index (χ3n) is 4.67. The van der Waals surface area contributed by atoms with Gasteiger partial charge in [0.15, 0.2) is 11.5 Å². The van der Waals surface area contributed by atoms with Gasteiger partial charge in [-0.1, -0.05) is 20.3 Å². The lowest BCUT2D eigenvalue weighted by Gasteiger charge is -2.31. The average molecular weight is 347 g/mol. The second-order valence-electron chi connectivity index (χ2n) is 7.06. The minimum absolute atomic E-state index is 0.0907. The summed E-state index contributed by atoms with van der Waals surface area (Å²) in [7, 11) is 0. The van der Waals surface area contributed by atoms with E-state index in [-0.39, 0.29) is 11.8 Å². The van der Waals surface area contributed by atoms with Crippen LogP contribution in [0.1, 0.15) is 46.0 Å². The van der Waals surface area contributed by atoms with Crippen LogP contribution in [0.4, 0.5) is 10.5 Å². The maximum absolute atomic E-state index is 12.4. The molecular weight excluding hydrogens is 322 g/mol. The van der Waals surface area contributed by atoms with Crippen molar-refractivity contribution >= 4 is 17.6 Å². The minimum atomic E-state index is -0.723. The second kappa shape index (κ2) is 6.82. The van der Waals surface area contributed by atoms with Crippen LogP contribution in [0.15, 0.2) is 18.2 Å². The van der Waals surface area contributed by atoms with Crippen LogP contribution in [0.2, 0.25) is 0 Å². The van der Waals surface area contributed by atoms with Gasteiger partial charge >= 0.3 is 6.03 Å². The zero-order valence-corrected chi connectivity index (χ0v) is 14.6. The highest BCUT2D eigenvalue weighted by Gasteiger charge is 2.42. The average Bonchev–Trinajstić information content (AvgIpc) is 2.89. The van der Waals surface area contributed by atoms with Gasteiger partial charge in [-0.2, -0.15) is 0 Å². The Morgan fingerprint density at radius 1 is 1.12 bits per heavy atom. The number of primary amides is 1. The molecule has 3 rings (SSSR count). The smallest absolute Gasteiger partial charge is 0.312 e. The Bertz CT molecular complexity index is 668. The van der Waals surface area contributed by atoms with E-state index in [1.54, 1.807) is 18.2 Å². The van der Waals surface area contributed by atoms with Crippen LogP contribution in [0, 0.1) is 5.92 Å². The highest BCUT2D eigenvalue weighted by atomic mass is 16.7. The van der Waals surface area contributed by atoms with Gasteiger partial charge in [-0.15, -0.1) is 0 Å². The molecule has 1 atom stereocenters. The largest absolute Gasteiger partial charge is 0.448 e. The molecule has 1 aliphatic carbocycles. The van der Waals surface area contributed by atoms with E-state index in [4.69, 9.17) is 15.2 Å². The summed E-state index contributed by atoms with van der Waals surface area (Å²) >= 11 is 0. The summed E-state index contributed by atoms with van der Waals surface area (Å²) < 4.78 is 12.1. The summed E-state index contributed by atoms with van der Waals surface area (Å²) in [6.07, 6.45) is 5.14. The van der Waals surface area contributed by atoms with Crippen LogP contribution >= 0.6 is 0 Å². The highest BCUT2D eigenvalue weighted by molar-refractivity contribution is 5.97. The molecule has 1 heterocycles. The van der Waals surface area contributed by atoms with E-state index in [0.29, 0.717) is 17.2 Å². The summed E-state index contributed by atoms with van der Waals surface area (Å²) in [4.78, 5) is 23.5. The van der Waals surface area contributed by atoms with Crippen LogP contribution in [0.5, 0.6) is 11.5 Å². The summed E-state index contributed by atoms with van der Waals surface area (Å²) in [6, 6.07) is 3.91. The van der Waals surface area contributed by atoms with Crippen LogP contribution in [-0.2, 0) is 4.79 Å². The SMILES string of the molecule is CC(C)[C@H](NC(N)=O)C(=O)Nc1ccc2c(c1)OC1(CCCCC1)O2. The maximum atomic E-state index is 12.4. The van der Waals surface area contributed by atoms with Gasteiger partial charge in [-0.25, -0.2) is 4.79 Å².